The molecule has 6 heteroatoms. The van der Waals surface area contributed by atoms with Gasteiger partial charge < -0.3 is 4.98 Å². The van der Waals surface area contributed by atoms with Gasteiger partial charge in [0.2, 0.25) is 0 Å². The van der Waals surface area contributed by atoms with E-state index < -0.39 is 27.2 Å². The molecule has 0 saturated heterocycles. The minimum atomic E-state index is -1.77. The second kappa shape index (κ2) is 13.9. The van der Waals surface area contributed by atoms with Gasteiger partial charge in [-0.2, -0.15) is 11.3 Å². The first kappa shape index (κ1) is 33.0. The summed E-state index contributed by atoms with van der Waals surface area (Å²) < 4.78 is 12.5. The molecule has 0 aliphatic carbocycles. The van der Waals surface area contributed by atoms with Crippen LogP contribution in [0.1, 0.15) is 32.2 Å². The summed E-state index contributed by atoms with van der Waals surface area (Å²) in [5, 5.41) is 4.13. The van der Waals surface area contributed by atoms with Crippen molar-refractivity contribution in [1.82, 2.24) is 9.97 Å². The summed E-state index contributed by atoms with van der Waals surface area (Å²) in [4.78, 5) is 9.21. The molecule has 0 fully saturated rings. The van der Waals surface area contributed by atoms with Crippen molar-refractivity contribution in [3.8, 4) is 22.5 Å². The molecule has 0 spiro atoms. The smallest absolute Gasteiger partial charge is 0.0794 e. The summed E-state index contributed by atoms with van der Waals surface area (Å²) in [6.45, 7) is 13.2. The molecule has 3 aromatic heterocycles. The monoisotopic (exact) mass is 854 g/mol. The summed E-state index contributed by atoms with van der Waals surface area (Å²) in [5.74, 6) is 6.56. The van der Waals surface area contributed by atoms with Crippen LogP contribution < -0.4 is 9.58 Å². The maximum absolute atomic E-state index is 8.35. The number of fused-ring (bicyclic) bond motifs is 3. The Morgan fingerprint density at radius 1 is 0.841 bits per heavy atom. The van der Waals surface area contributed by atoms with Gasteiger partial charge in [-0.25, -0.2) is 0 Å². The summed E-state index contributed by atoms with van der Waals surface area (Å²) >= 11 is 0.0940. The molecule has 6 aromatic rings. The quantitative estimate of drug-likeness (QED) is 0.128. The third kappa shape index (κ3) is 7.51. The third-order valence-electron chi connectivity index (χ3n) is 7.76. The average molecular weight is 853 g/mol. The van der Waals surface area contributed by atoms with Crippen LogP contribution in [-0.2, 0) is 20.1 Å². The van der Waals surface area contributed by atoms with Crippen molar-refractivity contribution in [2.24, 2.45) is 0 Å². The molecule has 0 saturated carbocycles. The minimum absolute atomic E-state index is 0. The van der Waals surface area contributed by atoms with E-state index in [1.165, 1.54) is 35.3 Å². The van der Waals surface area contributed by atoms with E-state index in [2.05, 4.69) is 109 Å². The zero-order valence-electron chi connectivity index (χ0n) is 28.2. The SMILES string of the molecule is Cc1cc(-c2[c-]cccc2)nc[c]1[Ge]([CH3])([CH3])[CH3].[2H]C(C)(C)c1ccnc(-c2[c-]ccc3c2sc2c([Si](C)(C)C)cccc23)c1.[Ir]. The van der Waals surface area contributed by atoms with Gasteiger partial charge in [0.05, 0.1) is 8.07 Å². The van der Waals surface area contributed by atoms with Crippen molar-refractivity contribution in [3.63, 3.8) is 0 Å². The number of hydrogen-bond acceptors (Lipinski definition) is 3. The Morgan fingerprint density at radius 3 is 2.23 bits per heavy atom. The molecule has 44 heavy (non-hydrogen) atoms. The minimum Gasteiger partial charge on any atom is -0.305 e. The van der Waals surface area contributed by atoms with E-state index in [0.29, 0.717) is 0 Å². The summed E-state index contributed by atoms with van der Waals surface area (Å²) in [6.07, 6.45) is 3.89. The van der Waals surface area contributed by atoms with E-state index in [4.69, 9.17) is 1.37 Å². The first-order valence-corrected chi connectivity index (χ1v) is 26.6. The number of benzene rings is 3. The first-order chi connectivity index (χ1) is 20.6. The van der Waals surface area contributed by atoms with Crippen molar-refractivity contribution in [1.29, 1.82) is 0 Å². The predicted molar refractivity (Wildman–Crippen MR) is 195 cm³/mol. The van der Waals surface area contributed by atoms with Crippen molar-refractivity contribution in [2.45, 2.75) is 63.6 Å². The van der Waals surface area contributed by atoms with Crippen molar-refractivity contribution in [3.05, 3.63) is 108 Å². The molecule has 3 aromatic carbocycles. The molecule has 0 aliphatic heterocycles. The average Bonchev–Trinajstić information content (AvgIpc) is 3.35. The van der Waals surface area contributed by atoms with Crippen molar-refractivity contribution < 1.29 is 21.5 Å². The molecule has 2 nitrogen and oxygen atoms in total. The third-order valence-corrected chi connectivity index (χ3v) is 15.7. The largest absolute Gasteiger partial charge is 0.305 e. The first-order valence-electron chi connectivity index (χ1n) is 15.4. The number of thiophene rings is 1. The fourth-order valence-corrected chi connectivity index (χ4v) is 12.8. The number of pyridine rings is 2. The van der Waals surface area contributed by atoms with Gasteiger partial charge in [-0.1, -0.05) is 68.7 Å². The zero-order valence-corrected chi connectivity index (χ0v) is 33.5. The Hall–Kier alpha value is -2.41. The Balaban J connectivity index is 0.000000222. The molecule has 229 valence electrons. The van der Waals surface area contributed by atoms with Crippen LogP contribution in [0.5, 0.6) is 0 Å². The predicted octanol–water partition coefficient (Wildman–Crippen LogP) is 9.99. The van der Waals surface area contributed by atoms with E-state index in [1.54, 1.807) is 0 Å². The van der Waals surface area contributed by atoms with Crippen LogP contribution in [-0.4, -0.2) is 31.3 Å². The van der Waals surface area contributed by atoms with Crippen LogP contribution >= 0.6 is 11.3 Å². The molecule has 3 heterocycles. The van der Waals surface area contributed by atoms with Gasteiger partial charge in [-0.3, -0.25) is 0 Å². The van der Waals surface area contributed by atoms with E-state index in [0.717, 1.165) is 28.1 Å². The van der Waals surface area contributed by atoms with Gasteiger partial charge in [-0.15, -0.1) is 23.8 Å². The van der Waals surface area contributed by atoms with Gasteiger partial charge in [0.25, 0.3) is 0 Å². The van der Waals surface area contributed by atoms with E-state index in [9.17, 15) is 0 Å². The van der Waals surface area contributed by atoms with E-state index in [-0.39, 0.29) is 20.1 Å². The molecule has 0 aliphatic rings. The number of nitrogens with zero attached hydrogens (tertiary/aromatic N) is 2. The standard InChI is InChI=1S/C23H24NSSi.C15H18GeN.Ir/c1-15(2)16-12-13-24-20(14-16)19-10-6-8-17-18-9-7-11-21(26(3,4)5)23(18)25-22(17)19;1-12-10-15(13-8-6-5-7-9-13)17-11-14(12)16(2,3)4;/h6-9,11-15H,1-5H3;5-8,10-11H,1-4H3;/q2*-1;/i15D;;. The molecule has 6 rings (SSSR count). The molecule has 0 atom stereocenters. The molecule has 0 bridgehead atoms. The maximum Gasteiger partial charge on any atom is 0.0794 e. The van der Waals surface area contributed by atoms with Gasteiger partial charge in [0, 0.05) is 32.4 Å². The molecular weight excluding hydrogens is 809 g/mol. The van der Waals surface area contributed by atoms with Crippen molar-refractivity contribution >= 4 is 62.4 Å². The summed E-state index contributed by atoms with van der Waals surface area (Å²) in [7, 11) is -1.43. The van der Waals surface area contributed by atoms with Gasteiger partial charge in [-0.05, 0) is 32.9 Å². The van der Waals surface area contributed by atoms with Crippen LogP contribution in [0.3, 0.4) is 0 Å². The fourth-order valence-electron chi connectivity index (χ4n) is 5.46. The van der Waals surface area contributed by atoms with Crippen LogP contribution in [0.15, 0.2) is 85.2 Å². The van der Waals surface area contributed by atoms with Crippen LogP contribution in [0.2, 0.25) is 36.9 Å². The number of hydrogen-bond donors (Lipinski definition) is 0. The number of aromatic nitrogens is 2. The second-order valence-corrected chi connectivity index (χ2v) is 30.1. The Labute approximate surface area is 286 Å². The van der Waals surface area contributed by atoms with E-state index >= 15 is 0 Å². The maximum atomic E-state index is 8.35. The number of rotatable bonds is 5. The summed E-state index contributed by atoms with van der Waals surface area (Å²) in [6, 6.07) is 31.7. The topological polar surface area (TPSA) is 25.8 Å². The van der Waals surface area contributed by atoms with Gasteiger partial charge >= 0.3 is 106 Å². The molecule has 1 radical (unpaired) electrons. The van der Waals surface area contributed by atoms with Gasteiger partial charge in [0.15, 0.2) is 0 Å². The van der Waals surface area contributed by atoms with Crippen molar-refractivity contribution in [2.75, 3.05) is 0 Å². The molecule has 0 amide bonds. The Bertz CT molecular complexity index is 1940. The van der Waals surface area contributed by atoms with E-state index in [1.807, 2.05) is 67.8 Å². The number of aryl methyl sites for hydroxylation is 1. The van der Waals surface area contributed by atoms with Gasteiger partial charge in [0.1, 0.15) is 0 Å². The fraction of sp³-hybridized carbons (Fsp3) is 0.263. The molecule has 0 unspecified atom stereocenters. The van der Waals surface area contributed by atoms with Crippen LogP contribution in [0, 0.1) is 19.1 Å². The van der Waals surface area contributed by atoms with Crippen LogP contribution in [0.4, 0.5) is 0 Å². The Morgan fingerprint density at radius 2 is 1.59 bits per heavy atom. The second-order valence-electron chi connectivity index (χ2n) is 13.5. The van der Waals surface area contributed by atoms with Crippen LogP contribution in [0.25, 0.3) is 42.7 Å². The molecule has 0 N–H and O–H groups in total. The zero-order chi connectivity index (χ0) is 31.9. The Kier molecular flexibility index (Phi) is 10.4. The normalized spacial score (nSPS) is 12.3. The molecular formula is C38H42GeIrN2SSi-2. The summed E-state index contributed by atoms with van der Waals surface area (Å²) in [5.41, 5.74) is 6.39.